The summed E-state index contributed by atoms with van der Waals surface area (Å²) in [4.78, 5) is 12.0. The summed E-state index contributed by atoms with van der Waals surface area (Å²) < 4.78 is 5.46. The van der Waals surface area contributed by atoms with Crippen LogP contribution in [0.15, 0.2) is 30.3 Å². The molecule has 4 nitrogen and oxygen atoms in total. The van der Waals surface area contributed by atoms with E-state index in [1.807, 2.05) is 30.3 Å². The Labute approximate surface area is 139 Å². The number of ether oxygens (including phenoxy) is 1. The summed E-state index contributed by atoms with van der Waals surface area (Å²) in [6, 6.07) is 9.97. The van der Waals surface area contributed by atoms with Gasteiger partial charge in [0.05, 0.1) is 6.61 Å². The first-order chi connectivity index (χ1) is 10.3. The molecule has 1 aromatic rings. The first-order valence-electron chi connectivity index (χ1n) is 7.90. The van der Waals surface area contributed by atoms with Crippen LogP contribution in [-0.4, -0.2) is 25.1 Å². The molecule has 5 heteroatoms. The van der Waals surface area contributed by atoms with Gasteiger partial charge in [-0.05, 0) is 24.3 Å². The van der Waals surface area contributed by atoms with E-state index >= 15 is 0 Å². The number of amides is 1. The zero-order valence-corrected chi connectivity index (χ0v) is 13.8. The van der Waals surface area contributed by atoms with Crippen LogP contribution in [0, 0.1) is 5.92 Å². The molecule has 1 aromatic carbocycles. The van der Waals surface area contributed by atoms with E-state index < -0.39 is 0 Å². The molecule has 1 fully saturated rings. The lowest BCUT2D eigenvalue weighted by Crippen LogP contribution is -2.47. The first kappa shape index (κ1) is 18.9. The molecule has 3 N–H and O–H groups in total. The Morgan fingerprint density at radius 3 is 2.55 bits per heavy atom. The van der Waals surface area contributed by atoms with Crippen molar-refractivity contribution in [3.05, 3.63) is 35.9 Å². The van der Waals surface area contributed by atoms with Crippen LogP contribution in [0.2, 0.25) is 0 Å². The maximum absolute atomic E-state index is 12.0. The Bertz CT molecular complexity index is 422. The van der Waals surface area contributed by atoms with Crippen LogP contribution in [0.1, 0.15) is 37.7 Å². The summed E-state index contributed by atoms with van der Waals surface area (Å²) in [6.45, 7) is 1.07. The van der Waals surface area contributed by atoms with Crippen molar-refractivity contribution >= 4 is 18.3 Å². The molecule has 0 heterocycles. The SMILES string of the molecule is Cl.NCC(NC(=O)COCc1ccccc1)C1CCCCC1. The fraction of sp³-hybridized carbons (Fsp3) is 0.588. The zero-order chi connectivity index (χ0) is 14.9. The summed E-state index contributed by atoms with van der Waals surface area (Å²) in [5.41, 5.74) is 6.89. The van der Waals surface area contributed by atoms with Gasteiger partial charge in [0.25, 0.3) is 0 Å². The molecular formula is C17H27ClN2O2. The van der Waals surface area contributed by atoms with Crippen molar-refractivity contribution in [1.82, 2.24) is 5.32 Å². The van der Waals surface area contributed by atoms with Gasteiger partial charge in [-0.15, -0.1) is 12.4 Å². The smallest absolute Gasteiger partial charge is 0.246 e. The van der Waals surface area contributed by atoms with Crippen LogP contribution >= 0.6 is 12.4 Å². The molecule has 1 atom stereocenters. The average Bonchev–Trinajstić information content (AvgIpc) is 2.54. The minimum atomic E-state index is -0.0630. The summed E-state index contributed by atoms with van der Waals surface area (Å²) in [5.74, 6) is 0.466. The van der Waals surface area contributed by atoms with Crippen LogP contribution < -0.4 is 11.1 Å². The largest absolute Gasteiger partial charge is 0.367 e. The van der Waals surface area contributed by atoms with Gasteiger partial charge in [-0.1, -0.05) is 49.6 Å². The zero-order valence-electron chi connectivity index (χ0n) is 13.0. The topological polar surface area (TPSA) is 64.3 Å². The lowest BCUT2D eigenvalue weighted by atomic mass is 9.84. The van der Waals surface area contributed by atoms with Crippen molar-refractivity contribution in [3.63, 3.8) is 0 Å². The maximum atomic E-state index is 12.0. The monoisotopic (exact) mass is 326 g/mol. The van der Waals surface area contributed by atoms with Gasteiger partial charge in [0.15, 0.2) is 0 Å². The number of hydrogen-bond acceptors (Lipinski definition) is 3. The van der Waals surface area contributed by atoms with E-state index in [1.54, 1.807) is 0 Å². The molecule has 0 aliphatic heterocycles. The fourth-order valence-electron chi connectivity index (χ4n) is 2.99. The Hall–Kier alpha value is -1.10. The van der Waals surface area contributed by atoms with E-state index in [9.17, 15) is 4.79 Å². The highest BCUT2D eigenvalue weighted by molar-refractivity contribution is 5.85. The third kappa shape index (κ3) is 6.34. The highest BCUT2D eigenvalue weighted by Crippen LogP contribution is 2.26. The van der Waals surface area contributed by atoms with E-state index in [4.69, 9.17) is 10.5 Å². The van der Waals surface area contributed by atoms with E-state index in [1.165, 1.54) is 32.1 Å². The summed E-state index contributed by atoms with van der Waals surface area (Å²) in [6.07, 6.45) is 6.16. The van der Waals surface area contributed by atoms with Crippen LogP contribution in [0.4, 0.5) is 0 Å². The standard InChI is InChI=1S/C17H26N2O2.ClH/c18-11-16(15-9-5-2-6-10-15)19-17(20)13-21-12-14-7-3-1-4-8-14;/h1,3-4,7-8,15-16H,2,5-6,9-13,18H2,(H,19,20);1H. The molecule has 22 heavy (non-hydrogen) atoms. The normalized spacial score (nSPS) is 16.6. The van der Waals surface area contributed by atoms with Gasteiger partial charge in [0.2, 0.25) is 5.91 Å². The quantitative estimate of drug-likeness (QED) is 0.809. The lowest BCUT2D eigenvalue weighted by molar-refractivity contribution is -0.127. The molecule has 1 unspecified atom stereocenters. The van der Waals surface area contributed by atoms with E-state index in [0.717, 1.165) is 5.56 Å². The lowest BCUT2D eigenvalue weighted by Gasteiger charge is -2.30. The van der Waals surface area contributed by atoms with Crippen LogP contribution in [0.3, 0.4) is 0 Å². The number of halogens is 1. The predicted molar refractivity (Wildman–Crippen MR) is 90.9 cm³/mol. The van der Waals surface area contributed by atoms with E-state index in [0.29, 0.717) is 19.1 Å². The summed E-state index contributed by atoms with van der Waals surface area (Å²) in [5, 5.41) is 3.03. The van der Waals surface area contributed by atoms with Crippen molar-refractivity contribution in [3.8, 4) is 0 Å². The van der Waals surface area contributed by atoms with Crippen molar-refractivity contribution in [1.29, 1.82) is 0 Å². The number of rotatable bonds is 7. The van der Waals surface area contributed by atoms with Gasteiger partial charge < -0.3 is 15.8 Å². The second-order valence-electron chi connectivity index (χ2n) is 5.79. The molecule has 1 amide bonds. The van der Waals surface area contributed by atoms with E-state index in [2.05, 4.69) is 5.32 Å². The van der Waals surface area contributed by atoms with E-state index in [-0.39, 0.29) is 31.0 Å². The highest BCUT2D eigenvalue weighted by Gasteiger charge is 2.23. The summed E-state index contributed by atoms with van der Waals surface area (Å²) in [7, 11) is 0. The second-order valence-corrected chi connectivity index (χ2v) is 5.79. The molecule has 1 aliphatic carbocycles. The fourth-order valence-corrected chi connectivity index (χ4v) is 2.99. The van der Waals surface area contributed by atoms with Crippen molar-refractivity contribution in [2.75, 3.05) is 13.2 Å². The van der Waals surface area contributed by atoms with Crippen LogP contribution in [-0.2, 0) is 16.1 Å². The molecule has 1 saturated carbocycles. The molecule has 2 rings (SSSR count). The number of carbonyl (C=O) groups excluding carboxylic acids is 1. The van der Waals surface area contributed by atoms with Gasteiger partial charge in [-0.3, -0.25) is 4.79 Å². The van der Waals surface area contributed by atoms with Crippen LogP contribution in [0.5, 0.6) is 0 Å². The molecule has 0 spiro atoms. The molecule has 0 bridgehead atoms. The number of benzene rings is 1. The second kappa shape index (κ2) is 10.6. The molecule has 1 aliphatic rings. The Balaban J connectivity index is 0.00000242. The number of nitrogens with two attached hydrogens (primary N) is 1. The van der Waals surface area contributed by atoms with Crippen molar-refractivity contribution in [2.45, 2.75) is 44.8 Å². The molecule has 124 valence electrons. The van der Waals surface area contributed by atoms with Crippen molar-refractivity contribution < 1.29 is 9.53 Å². The average molecular weight is 327 g/mol. The van der Waals surface area contributed by atoms with Gasteiger partial charge in [-0.25, -0.2) is 0 Å². The third-order valence-corrected chi connectivity index (χ3v) is 4.16. The highest BCUT2D eigenvalue weighted by atomic mass is 35.5. The molecular weight excluding hydrogens is 300 g/mol. The molecule has 0 aromatic heterocycles. The minimum Gasteiger partial charge on any atom is -0.367 e. The number of carbonyl (C=O) groups is 1. The van der Waals surface area contributed by atoms with Gasteiger partial charge >= 0.3 is 0 Å². The Morgan fingerprint density at radius 1 is 1.23 bits per heavy atom. The van der Waals surface area contributed by atoms with Gasteiger partial charge in [0, 0.05) is 12.6 Å². The van der Waals surface area contributed by atoms with Crippen molar-refractivity contribution in [2.24, 2.45) is 11.7 Å². The minimum absolute atomic E-state index is 0. The predicted octanol–water partition coefficient (Wildman–Crippen LogP) is 2.65. The first-order valence-corrected chi connectivity index (χ1v) is 7.90. The number of hydrogen-bond donors (Lipinski definition) is 2. The van der Waals surface area contributed by atoms with Gasteiger partial charge in [0.1, 0.15) is 6.61 Å². The molecule has 0 saturated heterocycles. The Morgan fingerprint density at radius 2 is 1.91 bits per heavy atom. The number of nitrogens with one attached hydrogen (secondary N) is 1. The molecule has 0 radical (unpaired) electrons. The van der Waals surface area contributed by atoms with Crippen LogP contribution in [0.25, 0.3) is 0 Å². The van der Waals surface area contributed by atoms with Gasteiger partial charge in [-0.2, -0.15) is 0 Å². The Kier molecular flexibility index (Phi) is 9.13. The summed E-state index contributed by atoms with van der Waals surface area (Å²) >= 11 is 0. The maximum Gasteiger partial charge on any atom is 0.246 e. The third-order valence-electron chi connectivity index (χ3n) is 4.16.